The smallest absolute Gasteiger partial charge is 0.265 e. The van der Waals surface area contributed by atoms with Gasteiger partial charge in [0.15, 0.2) is 0 Å². The lowest BCUT2D eigenvalue weighted by atomic mass is 9.93. The molecule has 9 N–H and O–H groups in total. The highest BCUT2D eigenvalue weighted by molar-refractivity contribution is 6.30. The van der Waals surface area contributed by atoms with Crippen LogP contribution in [0.25, 0.3) is 22.3 Å². The zero-order valence-corrected chi connectivity index (χ0v) is 35.6. The first-order chi connectivity index (χ1) is 30.1. The van der Waals surface area contributed by atoms with Crippen molar-refractivity contribution in [1.82, 2.24) is 31.2 Å². The van der Waals surface area contributed by atoms with Crippen molar-refractivity contribution < 1.29 is 43.7 Å². The molecule has 0 saturated heterocycles. The Morgan fingerprint density at radius 2 is 1.59 bits per heavy atom. The maximum Gasteiger partial charge on any atom is 0.265 e. The third-order valence-corrected chi connectivity index (χ3v) is 11.2. The summed E-state index contributed by atoms with van der Waals surface area (Å²) in [5, 5.41) is 45.8. The van der Waals surface area contributed by atoms with Gasteiger partial charge in [-0.05, 0) is 110 Å². The lowest BCUT2D eigenvalue weighted by Crippen LogP contribution is -2.58. The van der Waals surface area contributed by atoms with E-state index >= 15 is 0 Å². The molecule has 0 saturated carbocycles. The minimum absolute atomic E-state index is 0.107. The van der Waals surface area contributed by atoms with E-state index in [1.54, 1.807) is 48.5 Å². The van der Waals surface area contributed by atoms with Crippen molar-refractivity contribution in [2.75, 3.05) is 13.6 Å². The van der Waals surface area contributed by atoms with Gasteiger partial charge in [0.25, 0.3) is 11.8 Å². The number of aliphatic hydroxyl groups is 1. The van der Waals surface area contributed by atoms with E-state index in [2.05, 4.69) is 26.3 Å². The van der Waals surface area contributed by atoms with Crippen LogP contribution in [0.3, 0.4) is 0 Å². The number of aliphatic hydroxyl groups excluding tert-OH is 1. The molecule has 0 aliphatic carbocycles. The van der Waals surface area contributed by atoms with Gasteiger partial charge in [0.2, 0.25) is 23.5 Å². The predicted molar refractivity (Wildman–Crippen MR) is 234 cm³/mol. The van der Waals surface area contributed by atoms with Crippen LogP contribution in [0.2, 0.25) is 5.02 Å². The van der Waals surface area contributed by atoms with Crippen LogP contribution in [0.15, 0.2) is 102 Å². The maximum atomic E-state index is 14.6. The Morgan fingerprint density at radius 3 is 2.24 bits per heavy atom. The van der Waals surface area contributed by atoms with Crippen LogP contribution < -0.4 is 27.0 Å². The highest BCUT2D eigenvalue weighted by Gasteiger charge is 2.36. The number of carbonyl (C=O) groups is 5. The Morgan fingerprint density at radius 1 is 0.937 bits per heavy atom. The number of Topliss-reactive ketones (excluding diaryl/α,β-unsaturated/α-hetero) is 1. The van der Waals surface area contributed by atoms with E-state index in [1.165, 1.54) is 62.5 Å². The van der Waals surface area contributed by atoms with Gasteiger partial charge < -0.3 is 46.3 Å². The number of nitrogens with zero attached hydrogens (tertiary/aromatic N) is 2. The van der Waals surface area contributed by atoms with Crippen LogP contribution in [0, 0.1) is 0 Å². The number of carbonyl (C=O) groups excluding carboxylic acids is 5. The zero-order chi connectivity index (χ0) is 45.4. The molecule has 0 spiro atoms. The van der Waals surface area contributed by atoms with Crippen molar-refractivity contribution in [2.24, 2.45) is 5.73 Å². The number of aromatic nitrogens is 1. The molecular weight excluding hydrogens is 830 g/mol. The summed E-state index contributed by atoms with van der Waals surface area (Å²) in [5.74, 6) is -3.80. The molecule has 2 unspecified atom stereocenters. The lowest BCUT2D eigenvalue weighted by molar-refractivity contribution is -0.138. The van der Waals surface area contributed by atoms with E-state index in [0.717, 1.165) is 11.1 Å². The normalized spacial score (nSPS) is 18.5. The molecule has 6 atom stereocenters. The second kappa shape index (κ2) is 20.5. The zero-order valence-electron chi connectivity index (χ0n) is 34.9. The van der Waals surface area contributed by atoms with Crippen LogP contribution in [0.4, 0.5) is 0 Å². The molecule has 1 aliphatic heterocycles. The molecule has 17 heteroatoms. The topological polar surface area (TPSA) is 249 Å². The average molecular weight is 880 g/mol. The number of oxazole rings is 1. The number of halogens is 1. The summed E-state index contributed by atoms with van der Waals surface area (Å²) in [6.07, 6.45) is 2.01. The molecule has 63 heavy (non-hydrogen) atoms. The van der Waals surface area contributed by atoms with Gasteiger partial charge in [-0.1, -0.05) is 48.0 Å². The van der Waals surface area contributed by atoms with Gasteiger partial charge in [-0.15, -0.1) is 0 Å². The Hall–Kier alpha value is -6.59. The second-order valence-electron chi connectivity index (χ2n) is 15.4. The van der Waals surface area contributed by atoms with E-state index in [9.17, 15) is 39.3 Å². The van der Waals surface area contributed by atoms with Gasteiger partial charge in [-0.3, -0.25) is 29.3 Å². The fourth-order valence-electron chi connectivity index (χ4n) is 7.40. The number of nitrogens with two attached hydrogens (primary N) is 1. The summed E-state index contributed by atoms with van der Waals surface area (Å²) in [4.78, 5) is 73.9. The summed E-state index contributed by atoms with van der Waals surface area (Å²) >= 11 is 6.05. The molecule has 16 nitrogen and oxygen atoms in total. The molecule has 4 bridgehead atoms. The lowest BCUT2D eigenvalue weighted by Gasteiger charge is -2.36. The number of likely N-dealkylation sites (N-methyl/N-ethyl adjacent to an activating group) is 1. The number of rotatable bonds is 13. The SMILES string of the molecule is CC(NC(=O)[C@@H]1Cc2ccc(O)c(c2)-c2cc(ccc2O)[C@H](N(C)C(=O)[C@H](CCCCN)NC(=O)c2ccc(-c3ccc(Cl)cc3)cc2)C(O)N[C@@H](C)C(=O)N1)C(=O)c1ncco1. The maximum absolute atomic E-state index is 14.6. The molecule has 4 amide bonds. The molecule has 6 rings (SSSR count). The first kappa shape index (κ1) is 45.9. The second-order valence-corrected chi connectivity index (χ2v) is 15.9. The molecule has 1 aliphatic rings. The Labute approximate surface area is 368 Å². The van der Waals surface area contributed by atoms with Crippen molar-refractivity contribution in [3.63, 3.8) is 0 Å². The van der Waals surface area contributed by atoms with Crippen LogP contribution in [-0.2, 0) is 20.8 Å². The van der Waals surface area contributed by atoms with E-state index in [4.69, 9.17) is 21.8 Å². The minimum atomic E-state index is -1.66. The summed E-state index contributed by atoms with van der Waals surface area (Å²) in [5.41, 5.74) is 8.92. The molecule has 5 aromatic rings. The molecule has 2 heterocycles. The molecule has 4 aromatic carbocycles. The average Bonchev–Trinajstić information content (AvgIpc) is 3.82. The largest absolute Gasteiger partial charge is 0.507 e. The minimum Gasteiger partial charge on any atom is -0.507 e. The van der Waals surface area contributed by atoms with Gasteiger partial charge in [0.1, 0.15) is 36.1 Å². The number of amides is 4. The number of hydrogen-bond acceptors (Lipinski definition) is 12. The summed E-state index contributed by atoms with van der Waals surface area (Å²) in [7, 11) is 1.44. The third kappa shape index (κ3) is 11.1. The predicted octanol–water partition coefficient (Wildman–Crippen LogP) is 4.23. The van der Waals surface area contributed by atoms with Crippen molar-refractivity contribution >= 4 is 41.0 Å². The van der Waals surface area contributed by atoms with Crippen LogP contribution in [0.1, 0.15) is 71.3 Å². The molecular formula is C46H50ClN7O9. The molecule has 330 valence electrons. The number of ketones is 1. The van der Waals surface area contributed by atoms with Crippen LogP contribution in [-0.4, -0.2) is 98.6 Å². The molecule has 0 radical (unpaired) electrons. The van der Waals surface area contributed by atoms with Crippen LogP contribution in [0.5, 0.6) is 11.5 Å². The van der Waals surface area contributed by atoms with E-state index in [0.29, 0.717) is 41.1 Å². The summed E-state index contributed by atoms with van der Waals surface area (Å²) in [6, 6.07) is 17.1. The number of phenolic OH excluding ortho intramolecular Hbond substituents is 2. The highest BCUT2D eigenvalue weighted by Crippen LogP contribution is 2.39. The van der Waals surface area contributed by atoms with Gasteiger partial charge in [0.05, 0.1) is 24.3 Å². The Kier molecular flexibility index (Phi) is 15.0. The first-order valence-electron chi connectivity index (χ1n) is 20.4. The Bertz CT molecular complexity index is 2430. The van der Waals surface area contributed by atoms with E-state index in [-0.39, 0.29) is 41.4 Å². The van der Waals surface area contributed by atoms with Crippen molar-refractivity contribution in [2.45, 2.75) is 76.0 Å². The van der Waals surface area contributed by atoms with Gasteiger partial charge in [-0.2, -0.15) is 0 Å². The number of fused-ring (bicyclic) bond motifs is 5. The summed E-state index contributed by atoms with van der Waals surface area (Å²) in [6.45, 7) is 3.26. The fraction of sp³-hybridized carbons (Fsp3) is 0.304. The number of phenols is 2. The van der Waals surface area contributed by atoms with Crippen molar-refractivity contribution in [3.8, 4) is 33.8 Å². The van der Waals surface area contributed by atoms with E-state index in [1.807, 2.05) is 12.1 Å². The van der Waals surface area contributed by atoms with Gasteiger partial charge >= 0.3 is 0 Å². The highest BCUT2D eigenvalue weighted by atomic mass is 35.5. The van der Waals surface area contributed by atoms with Crippen molar-refractivity contribution in [3.05, 3.63) is 125 Å². The standard InChI is InChI=1S/C46H50ClN7O9/c1-25(40(57)45-49-20-21-63-45)50-43(60)36-23-27-7-17-37(55)33(22-27)34-24-31(14-18-38(34)56)39(44(61)51-26(2)41(58)53-36)54(3)46(62)35(6-4-5-19-48)52-42(59)30-10-8-28(9-11-30)29-12-15-32(47)16-13-29/h7-18,20-22,24-26,35-36,39,44,51,55-56,61H,4-6,19,23,48H2,1-3H3,(H,50,60)(H,52,59)(H,53,58)/t25?,26-,35-,36-,39-,44?/m0/s1. The number of aromatic hydroxyl groups is 2. The molecule has 0 fully saturated rings. The fourth-order valence-corrected chi connectivity index (χ4v) is 7.53. The van der Waals surface area contributed by atoms with Gasteiger partial charge in [-0.25, -0.2) is 4.98 Å². The monoisotopic (exact) mass is 879 g/mol. The third-order valence-electron chi connectivity index (χ3n) is 10.9. The first-order valence-corrected chi connectivity index (χ1v) is 20.8. The van der Waals surface area contributed by atoms with Crippen molar-refractivity contribution in [1.29, 1.82) is 0 Å². The number of unbranched alkanes of at least 4 members (excludes halogenated alkanes) is 1. The van der Waals surface area contributed by atoms with Gasteiger partial charge in [0, 0.05) is 35.2 Å². The number of hydrogen-bond donors (Lipinski definition) is 8. The number of benzene rings is 4. The van der Waals surface area contributed by atoms with Crippen LogP contribution >= 0.6 is 11.6 Å². The van der Waals surface area contributed by atoms with E-state index < -0.39 is 65.8 Å². The quantitative estimate of drug-likeness (QED) is 0.0612. The number of nitrogens with one attached hydrogen (secondary N) is 4. The summed E-state index contributed by atoms with van der Waals surface area (Å²) < 4.78 is 5.09. The molecule has 1 aromatic heterocycles. The Balaban J connectivity index is 1.31.